The Morgan fingerprint density at radius 2 is 1.61 bits per heavy atom. The third-order valence-corrected chi connectivity index (χ3v) is 4.04. The van der Waals surface area contributed by atoms with Crippen LogP contribution < -0.4 is 10.1 Å². The Balaban J connectivity index is 1.70. The number of hydrogen-bond acceptors (Lipinski definition) is 4. The molecule has 1 amide bonds. The van der Waals surface area contributed by atoms with Gasteiger partial charge in [0, 0.05) is 18.2 Å². The number of ether oxygens (including phenoxy) is 1. The van der Waals surface area contributed by atoms with E-state index < -0.39 is 4.92 Å². The van der Waals surface area contributed by atoms with Crippen LogP contribution in [0.15, 0.2) is 78.9 Å². The summed E-state index contributed by atoms with van der Waals surface area (Å²) in [6.45, 7) is 0. The molecule has 140 valence electrons. The Hall–Kier alpha value is -3.64. The average molecular weight is 395 g/mol. The third kappa shape index (κ3) is 4.96. The molecule has 0 saturated heterocycles. The first-order chi connectivity index (χ1) is 13.5. The van der Waals surface area contributed by atoms with Gasteiger partial charge in [-0.2, -0.15) is 0 Å². The largest absolute Gasteiger partial charge is 0.454 e. The quantitative estimate of drug-likeness (QED) is 0.330. The van der Waals surface area contributed by atoms with Gasteiger partial charge in [-0.15, -0.1) is 0 Å². The summed E-state index contributed by atoms with van der Waals surface area (Å²) in [6.07, 6.45) is 2.91. The number of nitro groups is 1. The minimum atomic E-state index is -0.476. The Bertz CT molecular complexity index is 1030. The molecule has 0 aliphatic heterocycles. The van der Waals surface area contributed by atoms with Crippen molar-refractivity contribution in [3.8, 4) is 11.5 Å². The second kappa shape index (κ2) is 8.83. The molecule has 0 aliphatic carbocycles. The van der Waals surface area contributed by atoms with Crippen molar-refractivity contribution in [2.24, 2.45) is 0 Å². The topological polar surface area (TPSA) is 81.5 Å². The van der Waals surface area contributed by atoms with Gasteiger partial charge in [0.25, 0.3) is 5.69 Å². The summed E-state index contributed by atoms with van der Waals surface area (Å²) in [5.74, 6) is 0.563. The maximum atomic E-state index is 12.2. The second-order valence-corrected chi connectivity index (χ2v) is 6.11. The Kier molecular flexibility index (Phi) is 6.04. The van der Waals surface area contributed by atoms with Crippen LogP contribution in [0.4, 0.5) is 11.4 Å². The van der Waals surface area contributed by atoms with E-state index in [1.165, 1.54) is 18.2 Å². The lowest BCUT2D eigenvalue weighted by molar-refractivity contribution is -0.384. The van der Waals surface area contributed by atoms with E-state index in [1.807, 2.05) is 0 Å². The van der Waals surface area contributed by atoms with E-state index >= 15 is 0 Å². The molecule has 0 aliphatic rings. The summed E-state index contributed by atoms with van der Waals surface area (Å²) >= 11 is 6.11. The molecule has 3 rings (SSSR count). The van der Waals surface area contributed by atoms with E-state index in [4.69, 9.17) is 16.3 Å². The SMILES string of the molecule is O=C(/C=C/c1ccc([N+](=O)[O-])cc1)Nc1ccccc1Oc1ccccc1Cl. The zero-order valence-corrected chi connectivity index (χ0v) is 15.3. The monoisotopic (exact) mass is 394 g/mol. The highest BCUT2D eigenvalue weighted by Crippen LogP contribution is 2.33. The van der Waals surface area contributed by atoms with Crippen molar-refractivity contribution in [1.29, 1.82) is 0 Å². The fourth-order valence-corrected chi connectivity index (χ4v) is 2.53. The fourth-order valence-electron chi connectivity index (χ4n) is 2.36. The van der Waals surface area contributed by atoms with Gasteiger partial charge in [-0.25, -0.2) is 0 Å². The first kappa shape index (κ1) is 19.1. The van der Waals surface area contributed by atoms with Crippen LogP contribution >= 0.6 is 11.6 Å². The van der Waals surface area contributed by atoms with Gasteiger partial charge in [0.2, 0.25) is 5.91 Å². The van der Waals surface area contributed by atoms with Crippen LogP contribution in [0.2, 0.25) is 5.02 Å². The van der Waals surface area contributed by atoms with E-state index in [0.717, 1.165) is 0 Å². The highest BCUT2D eigenvalue weighted by molar-refractivity contribution is 6.32. The molecule has 6 nitrogen and oxygen atoms in total. The molecule has 0 unspecified atom stereocenters. The lowest BCUT2D eigenvalue weighted by Gasteiger charge is -2.12. The van der Waals surface area contributed by atoms with Gasteiger partial charge in [-0.3, -0.25) is 14.9 Å². The van der Waals surface area contributed by atoms with Gasteiger partial charge in [-0.1, -0.05) is 35.9 Å². The van der Waals surface area contributed by atoms with Gasteiger partial charge in [0.1, 0.15) is 5.75 Å². The molecule has 3 aromatic carbocycles. The zero-order valence-electron chi connectivity index (χ0n) is 14.5. The standard InChI is InChI=1S/C21H15ClN2O4/c22-17-5-1-3-7-19(17)28-20-8-4-2-6-18(20)23-21(25)14-11-15-9-12-16(13-10-15)24(26)27/h1-14H,(H,23,25)/b14-11+. The number of non-ortho nitro benzene ring substituents is 1. The van der Waals surface area contributed by atoms with Gasteiger partial charge in [-0.05, 0) is 48.0 Å². The van der Waals surface area contributed by atoms with Gasteiger partial charge < -0.3 is 10.1 Å². The first-order valence-electron chi connectivity index (χ1n) is 8.28. The second-order valence-electron chi connectivity index (χ2n) is 5.70. The molecule has 3 aromatic rings. The van der Waals surface area contributed by atoms with Crippen molar-refractivity contribution in [3.05, 3.63) is 99.6 Å². The van der Waals surface area contributed by atoms with Crippen molar-refractivity contribution in [1.82, 2.24) is 0 Å². The van der Waals surface area contributed by atoms with Crippen LogP contribution in [0.3, 0.4) is 0 Å². The predicted molar refractivity (Wildman–Crippen MR) is 109 cm³/mol. The molecular formula is C21H15ClN2O4. The number of halogens is 1. The van der Waals surface area contributed by atoms with Crippen molar-refractivity contribution in [3.63, 3.8) is 0 Å². The molecule has 28 heavy (non-hydrogen) atoms. The van der Waals surface area contributed by atoms with Crippen molar-refractivity contribution >= 4 is 35.0 Å². The zero-order chi connectivity index (χ0) is 19.9. The van der Waals surface area contributed by atoms with Crippen molar-refractivity contribution in [2.75, 3.05) is 5.32 Å². The molecule has 0 radical (unpaired) electrons. The third-order valence-electron chi connectivity index (χ3n) is 3.73. The molecule has 7 heteroatoms. The number of hydrogen-bond donors (Lipinski definition) is 1. The molecule has 0 saturated carbocycles. The summed E-state index contributed by atoms with van der Waals surface area (Å²) in [6, 6.07) is 19.9. The fraction of sp³-hybridized carbons (Fsp3) is 0. The molecular weight excluding hydrogens is 380 g/mol. The van der Waals surface area contributed by atoms with E-state index in [1.54, 1.807) is 66.7 Å². The Labute approximate surface area is 166 Å². The van der Waals surface area contributed by atoms with Crippen LogP contribution in [-0.2, 0) is 4.79 Å². The lowest BCUT2D eigenvalue weighted by Crippen LogP contribution is -2.08. The number of nitrogens with zero attached hydrogens (tertiary/aromatic N) is 1. The Morgan fingerprint density at radius 1 is 0.964 bits per heavy atom. The molecule has 0 heterocycles. The van der Waals surface area contributed by atoms with Crippen LogP contribution in [0.1, 0.15) is 5.56 Å². The summed E-state index contributed by atoms with van der Waals surface area (Å²) in [5, 5.41) is 13.9. The predicted octanol–water partition coefficient (Wildman–Crippen LogP) is 5.69. The van der Waals surface area contributed by atoms with Crippen LogP contribution in [0.25, 0.3) is 6.08 Å². The average Bonchev–Trinajstić information content (AvgIpc) is 2.70. The highest BCUT2D eigenvalue weighted by atomic mass is 35.5. The van der Waals surface area contributed by atoms with Crippen molar-refractivity contribution < 1.29 is 14.5 Å². The van der Waals surface area contributed by atoms with E-state index in [9.17, 15) is 14.9 Å². The van der Waals surface area contributed by atoms with Gasteiger partial charge >= 0.3 is 0 Å². The number of amides is 1. The summed E-state index contributed by atoms with van der Waals surface area (Å²) in [7, 11) is 0. The number of carbonyl (C=O) groups is 1. The molecule has 0 bridgehead atoms. The smallest absolute Gasteiger partial charge is 0.269 e. The van der Waals surface area contributed by atoms with Crippen molar-refractivity contribution in [2.45, 2.75) is 0 Å². The van der Waals surface area contributed by atoms with E-state index in [2.05, 4.69) is 5.32 Å². The molecule has 0 atom stereocenters. The maximum Gasteiger partial charge on any atom is 0.269 e. The lowest BCUT2D eigenvalue weighted by atomic mass is 10.2. The molecule has 0 spiro atoms. The Morgan fingerprint density at radius 3 is 2.29 bits per heavy atom. The summed E-state index contributed by atoms with van der Waals surface area (Å²) in [4.78, 5) is 22.4. The normalized spacial score (nSPS) is 10.6. The number of nitro benzene ring substituents is 1. The molecule has 0 fully saturated rings. The number of benzene rings is 3. The first-order valence-corrected chi connectivity index (χ1v) is 8.65. The minimum absolute atomic E-state index is 0.00718. The van der Waals surface area contributed by atoms with Crippen LogP contribution in [0, 0.1) is 10.1 Å². The van der Waals surface area contributed by atoms with Gasteiger partial charge in [0.15, 0.2) is 5.75 Å². The summed E-state index contributed by atoms with van der Waals surface area (Å²) in [5.41, 5.74) is 1.15. The van der Waals surface area contributed by atoms with E-state index in [-0.39, 0.29) is 11.6 Å². The number of para-hydroxylation sites is 3. The highest BCUT2D eigenvalue weighted by Gasteiger charge is 2.09. The van der Waals surface area contributed by atoms with Crippen LogP contribution in [0.5, 0.6) is 11.5 Å². The van der Waals surface area contributed by atoms with Gasteiger partial charge in [0.05, 0.1) is 15.6 Å². The van der Waals surface area contributed by atoms with Crippen LogP contribution in [-0.4, -0.2) is 10.8 Å². The number of anilines is 1. The molecule has 1 N–H and O–H groups in total. The number of rotatable bonds is 6. The number of nitrogens with one attached hydrogen (secondary N) is 1. The molecule has 0 aromatic heterocycles. The van der Waals surface area contributed by atoms with E-state index in [0.29, 0.717) is 27.8 Å². The number of carbonyl (C=O) groups excluding carboxylic acids is 1. The minimum Gasteiger partial charge on any atom is -0.454 e. The summed E-state index contributed by atoms with van der Waals surface area (Å²) < 4.78 is 5.80. The maximum absolute atomic E-state index is 12.2.